The van der Waals surface area contributed by atoms with Gasteiger partial charge >= 0.3 is 0 Å². The van der Waals surface area contributed by atoms with Crippen molar-refractivity contribution in [3.63, 3.8) is 0 Å². The third kappa shape index (κ3) is 8.73. The van der Waals surface area contributed by atoms with Crippen molar-refractivity contribution >= 4 is 58.5 Å². The lowest BCUT2D eigenvalue weighted by Crippen LogP contribution is -2.30. The number of amides is 3. The van der Waals surface area contributed by atoms with Crippen molar-refractivity contribution in [3.05, 3.63) is 124 Å². The number of rotatable bonds is 10. The molecule has 0 saturated heterocycles. The van der Waals surface area contributed by atoms with Crippen molar-refractivity contribution in [1.29, 1.82) is 0 Å². The lowest BCUT2D eigenvalue weighted by atomic mass is 10.1. The third-order valence-electron chi connectivity index (χ3n) is 6.41. The molecule has 0 saturated carbocycles. The van der Waals surface area contributed by atoms with Crippen molar-refractivity contribution in [2.45, 2.75) is 30.9 Å². The van der Waals surface area contributed by atoms with E-state index in [4.69, 9.17) is 16.3 Å². The third-order valence-corrected chi connectivity index (χ3v) is 7.93. The first-order valence-electron chi connectivity index (χ1n) is 13.5. The largest absolute Gasteiger partial charge is 0.495 e. The van der Waals surface area contributed by atoms with Crippen molar-refractivity contribution in [2.75, 3.05) is 17.7 Å². The van der Waals surface area contributed by atoms with Gasteiger partial charge in [0.1, 0.15) is 11.4 Å². The van der Waals surface area contributed by atoms with E-state index in [1.807, 2.05) is 63.2 Å². The van der Waals surface area contributed by atoms with Gasteiger partial charge in [-0.05, 0) is 80.4 Å². The van der Waals surface area contributed by atoms with Gasteiger partial charge in [-0.3, -0.25) is 14.4 Å². The molecule has 4 rings (SSSR count). The van der Waals surface area contributed by atoms with Crippen LogP contribution in [-0.4, -0.2) is 30.1 Å². The number of methoxy groups -OCH3 is 1. The van der Waals surface area contributed by atoms with Crippen LogP contribution in [0.15, 0.2) is 102 Å². The zero-order valence-electron chi connectivity index (χ0n) is 24.2. The second-order valence-corrected chi connectivity index (χ2v) is 11.6. The molecule has 0 heterocycles. The number of halogens is 1. The van der Waals surface area contributed by atoms with Crippen LogP contribution in [0.25, 0.3) is 6.08 Å². The summed E-state index contributed by atoms with van der Waals surface area (Å²) in [5.74, 6) is -0.564. The fourth-order valence-corrected chi connectivity index (χ4v) is 5.13. The molecule has 0 fully saturated rings. The summed E-state index contributed by atoms with van der Waals surface area (Å²) in [5, 5.41) is 8.66. The number of benzene rings is 4. The molecule has 9 heteroatoms. The van der Waals surface area contributed by atoms with Gasteiger partial charge in [0, 0.05) is 27.2 Å². The zero-order valence-corrected chi connectivity index (χ0v) is 25.8. The molecule has 3 N–H and O–H groups in total. The minimum absolute atomic E-state index is 0.107. The van der Waals surface area contributed by atoms with Crippen molar-refractivity contribution in [1.82, 2.24) is 5.32 Å². The van der Waals surface area contributed by atoms with Gasteiger partial charge in [0.05, 0.1) is 18.0 Å². The standard InChI is InChI=1S/C34H32ClN3O4S/c1-21-9-8-10-24(17-21)19-30(38-33(40)25-11-6-5-7-12-25)34(41)36-26-13-15-27(16-14-26)43-23(3)32(39)37-29-18-22(2)28(35)20-31(29)42-4/h5-20,23H,1-4H3,(H,36,41)(H,37,39)(H,38,40)/b30-19-. The molecule has 3 amide bonds. The predicted octanol–water partition coefficient (Wildman–Crippen LogP) is 7.49. The van der Waals surface area contributed by atoms with Crippen LogP contribution in [0.2, 0.25) is 5.02 Å². The first-order chi connectivity index (χ1) is 20.6. The summed E-state index contributed by atoms with van der Waals surface area (Å²) in [6, 6.07) is 26.9. The number of carbonyl (C=O) groups is 3. The number of thioether (sulfide) groups is 1. The summed E-state index contributed by atoms with van der Waals surface area (Å²) < 4.78 is 5.36. The van der Waals surface area contributed by atoms with E-state index >= 15 is 0 Å². The second kappa shape index (κ2) is 14.6. The number of aryl methyl sites for hydroxylation is 2. The van der Waals surface area contributed by atoms with Crippen LogP contribution in [0.4, 0.5) is 11.4 Å². The summed E-state index contributed by atoms with van der Waals surface area (Å²) in [6.07, 6.45) is 1.64. The minimum atomic E-state index is -0.467. The van der Waals surface area contributed by atoms with Crippen molar-refractivity contribution in [2.24, 2.45) is 0 Å². The van der Waals surface area contributed by atoms with Gasteiger partial charge in [-0.2, -0.15) is 0 Å². The lowest BCUT2D eigenvalue weighted by molar-refractivity contribution is -0.115. The van der Waals surface area contributed by atoms with E-state index in [0.717, 1.165) is 21.6 Å². The molecule has 220 valence electrons. The molecule has 43 heavy (non-hydrogen) atoms. The topological polar surface area (TPSA) is 96.5 Å². The fraction of sp³-hybridized carbons (Fsp3) is 0.147. The normalized spacial score (nSPS) is 11.8. The van der Waals surface area contributed by atoms with Gasteiger partial charge in [-0.15, -0.1) is 11.8 Å². The fourth-order valence-electron chi connectivity index (χ4n) is 4.11. The van der Waals surface area contributed by atoms with Crippen LogP contribution in [0.1, 0.15) is 34.0 Å². The summed E-state index contributed by atoms with van der Waals surface area (Å²) in [4.78, 5) is 39.9. The van der Waals surface area contributed by atoms with E-state index in [1.54, 1.807) is 54.6 Å². The molecule has 1 unspecified atom stereocenters. The second-order valence-electron chi connectivity index (χ2n) is 9.82. The van der Waals surface area contributed by atoms with Gasteiger partial charge in [0.25, 0.3) is 11.8 Å². The molecule has 4 aromatic carbocycles. The van der Waals surface area contributed by atoms with Crippen molar-refractivity contribution < 1.29 is 19.1 Å². The number of nitrogens with one attached hydrogen (secondary N) is 3. The molecule has 0 aliphatic rings. The number of ether oxygens (including phenoxy) is 1. The van der Waals surface area contributed by atoms with Crippen molar-refractivity contribution in [3.8, 4) is 5.75 Å². The monoisotopic (exact) mass is 613 g/mol. The highest BCUT2D eigenvalue weighted by atomic mass is 35.5. The van der Waals surface area contributed by atoms with E-state index in [-0.39, 0.29) is 17.5 Å². The van der Waals surface area contributed by atoms with Gasteiger partial charge in [0.15, 0.2) is 0 Å². The highest BCUT2D eigenvalue weighted by molar-refractivity contribution is 8.00. The molecule has 0 aliphatic heterocycles. The average molecular weight is 614 g/mol. The SMILES string of the molecule is COc1cc(Cl)c(C)cc1NC(=O)C(C)Sc1ccc(NC(=O)/C(=C/c2cccc(C)c2)NC(=O)c2ccccc2)cc1. The number of hydrogen-bond acceptors (Lipinski definition) is 5. The predicted molar refractivity (Wildman–Crippen MR) is 175 cm³/mol. The maximum atomic E-state index is 13.3. The van der Waals surface area contributed by atoms with Crippen LogP contribution in [0.5, 0.6) is 5.75 Å². The molecule has 0 aromatic heterocycles. The Morgan fingerprint density at radius 2 is 1.60 bits per heavy atom. The maximum Gasteiger partial charge on any atom is 0.272 e. The average Bonchev–Trinajstić information content (AvgIpc) is 2.99. The smallest absolute Gasteiger partial charge is 0.272 e. The number of hydrogen-bond donors (Lipinski definition) is 3. The zero-order chi connectivity index (χ0) is 30.9. The first kappa shape index (κ1) is 31.4. The molecule has 0 spiro atoms. The Morgan fingerprint density at radius 3 is 2.28 bits per heavy atom. The Bertz CT molecular complexity index is 1660. The van der Waals surface area contributed by atoms with Crippen LogP contribution in [0.3, 0.4) is 0 Å². The minimum Gasteiger partial charge on any atom is -0.495 e. The van der Waals surface area contributed by atoms with Crippen LogP contribution >= 0.6 is 23.4 Å². The molecular formula is C34H32ClN3O4S. The Morgan fingerprint density at radius 1 is 0.884 bits per heavy atom. The molecule has 4 aromatic rings. The van der Waals surface area contributed by atoms with Crippen LogP contribution < -0.4 is 20.7 Å². The van der Waals surface area contributed by atoms with Gasteiger partial charge in [-0.25, -0.2) is 0 Å². The number of anilines is 2. The molecule has 0 aliphatic carbocycles. The van der Waals surface area contributed by atoms with E-state index in [9.17, 15) is 14.4 Å². The first-order valence-corrected chi connectivity index (χ1v) is 14.8. The summed E-state index contributed by atoms with van der Waals surface area (Å²) >= 11 is 7.55. The van der Waals surface area contributed by atoms with E-state index < -0.39 is 11.2 Å². The summed E-state index contributed by atoms with van der Waals surface area (Å²) in [5.41, 5.74) is 4.27. The Hall–Kier alpha value is -4.53. The van der Waals surface area contributed by atoms with E-state index in [1.165, 1.54) is 18.9 Å². The summed E-state index contributed by atoms with van der Waals surface area (Å²) in [6.45, 7) is 5.62. The Labute approximate surface area is 260 Å². The van der Waals surface area contributed by atoms with E-state index in [0.29, 0.717) is 27.7 Å². The molecule has 0 radical (unpaired) electrons. The van der Waals surface area contributed by atoms with Gasteiger partial charge in [0.2, 0.25) is 5.91 Å². The lowest BCUT2D eigenvalue weighted by Gasteiger charge is -2.16. The molecular weight excluding hydrogens is 582 g/mol. The van der Waals surface area contributed by atoms with Crippen LogP contribution in [0, 0.1) is 13.8 Å². The van der Waals surface area contributed by atoms with E-state index in [2.05, 4.69) is 16.0 Å². The Kier molecular flexibility index (Phi) is 10.6. The van der Waals surface area contributed by atoms with Gasteiger partial charge in [-0.1, -0.05) is 59.6 Å². The highest BCUT2D eigenvalue weighted by Gasteiger charge is 2.18. The van der Waals surface area contributed by atoms with Crippen LogP contribution in [-0.2, 0) is 9.59 Å². The summed E-state index contributed by atoms with van der Waals surface area (Å²) in [7, 11) is 1.52. The van der Waals surface area contributed by atoms with Gasteiger partial charge < -0.3 is 20.7 Å². The molecule has 0 bridgehead atoms. The molecule has 7 nitrogen and oxygen atoms in total. The molecule has 1 atom stereocenters. The quantitative estimate of drug-likeness (QED) is 0.127. The Balaban J connectivity index is 1.43. The highest BCUT2D eigenvalue weighted by Crippen LogP contribution is 2.32. The number of carbonyl (C=O) groups excluding carboxylic acids is 3. The maximum absolute atomic E-state index is 13.3.